The van der Waals surface area contributed by atoms with Gasteiger partial charge >= 0.3 is 0 Å². The van der Waals surface area contributed by atoms with Crippen molar-refractivity contribution < 1.29 is 9.53 Å². The average molecular weight is 505 g/mol. The summed E-state index contributed by atoms with van der Waals surface area (Å²) in [6, 6.07) is 9.90. The van der Waals surface area contributed by atoms with E-state index in [0.29, 0.717) is 28.3 Å². The predicted octanol–water partition coefficient (Wildman–Crippen LogP) is 4.22. The summed E-state index contributed by atoms with van der Waals surface area (Å²) in [5, 5.41) is 1.51. The van der Waals surface area contributed by atoms with Crippen molar-refractivity contribution >= 4 is 39.6 Å². The van der Waals surface area contributed by atoms with Crippen LogP contribution in [0.3, 0.4) is 0 Å². The molecule has 1 saturated heterocycles. The molecule has 2 N–H and O–H groups in total. The molecule has 8 nitrogen and oxygen atoms in total. The highest BCUT2D eigenvalue weighted by atomic mass is 35.5. The van der Waals surface area contributed by atoms with Crippen molar-refractivity contribution in [3.63, 3.8) is 0 Å². The first-order valence-electron chi connectivity index (χ1n) is 12.7. The van der Waals surface area contributed by atoms with Gasteiger partial charge in [0.25, 0.3) is 5.91 Å². The highest BCUT2D eigenvalue weighted by Crippen LogP contribution is 2.40. The van der Waals surface area contributed by atoms with E-state index >= 15 is 0 Å². The van der Waals surface area contributed by atoms with Crippen LogP contribution in [0.1, 0.15) is 36.0 Å². The molecule has 1 aromatic carbocycles. The number of methoxy groups -OCH3 is 1. The number of fused-ring (bicyclic) bond motifs is 4. The number of carbonyl (C=O) groups excluding carboxylic acids is 1. The molecule has 3 unspecified atom stereocenters. The Morgan fingerprint density at radius 2 is 2.00 bits per heavy atom. The van der Waals surface area contributed by atoms with Crippen LogP contribution in [-0.2, 0) is 13.6 Å². The highest BCUT2D eigenvalue weighted by molar-refractivity contribution is 6.29. The number of imidazole rings is 1. The van der Waals surface area contributed by atoms with Crippen LogP contribution in [0, 0.1) is 11.8 Å². The summed E-state index contributed by atoms with van der Waals surface area (Å²) in [6.07, 6.45) is 4.54. The van der Waals surface area contributed by atoms with Crippen LogP contribution in [-0.4, -0.2) is 55.6 Å². The predicted molar refractivity (Wildman–Crippen MR) is 139 cm³/mol. The number of pyridine rings is 1. The molecule has 7 rings (SSSR count). The zero-order chi connectivity index (χ0) is 24.7. The number of ether oxygens (including phenoxy) is 1. The fraction of sp³-hybridized carbons (Fsp3) is 0.444. The molecule has 4 heterocycles. The summed E-state index contributed by atoms with van der Waals surface area (Å²) in [5.74, 6) is 2.51. The zero-order valence-corrected chi connectivity index (χ0v) is 21.2. The average Bonchev–Trinajstić information content (AvgIpc) is 3.29. The molecule has 2 saturated carbocycles. The number of likely N-dealkylation sites (tertiary alicyclic amines) is 1. The Labute approximate surface area is 214 Å². The topological polar surface area (TPSA) is 91.2 Å². The number of nitrogens with two attached hydrogens (primary N) is 1. The number of hydrogen-bond donors (Lipinski definition) is 1. The molecule has 4 aromatic rings. The van der Waals surface area contributed by atoms with Crippen molar-refractivity contribution in [1.29, 1.82) is 0 Å². The molecule has 3 atom stereocenters. The van der Waals surface area contributed by atoms with E-state index in [0.717, 1.165) is 59.5 Å². The molecule has 3 aromatic heterocycles. The number of nitrogens with zero attached hydrogens (tertiary/aromatic N) is 5. The largest absolute Gasteiger partial charge is 0.494 e. The molecule has 2 aliphatic carbocycles. The van der Waals surface area contributed by atoms with Crippen LogP contribution in [0.2, 0.25) is 5.15 Å². The maximum atomic E-state index is 13.5. The first-order chi connectivity index (χ1) is 17.4. The van der Waals surface area contributed by atoms with Gasteiger partial charge in [-0.3, -0.25) is 4.79 Å². The van der Waals surface area contributed by atoms with Crippen molar-refractivity contribution in [2.45, 2.75) is 44.3 Å². The van der Waals surface area contributed by atoms with Crippen LogP contribution < -0.4 is 10.5 Å². The van der Waals surface area contributed by atoms with Gasteiger partial charge in [0, 0.05) is 43.2 Å². The fourth-order valence-electron chi connectivity index (χ4n) is 6.30. The van der Waals surface area contributed by atoms with Crippen molar-refractivity contribution in [2.24, 2.45) is 24.6 Å². The smallest absolute Gasteiger partial charge is 0.254 e. The van der Waals surface area contributed by atoms with Gasteiger partial charge in [-0.15, -0.1) is 0 Å². The number of amides is 1. The molecule has 36 heavy (non-hydrogen) atoms. The number of piperidine rings is 1. The molecule has 1 aliphatic heterocycles. The number of benzene rings is 1. The third kappa shape index (κ3) is 3.27. The quantitative estimate of drug-likeness (QED) is 0.411. The number of hydrogen-bond acceptors (Lipinski definition) is 5. The molecule has 1 amide bonds. The Bertz CT molecular complexity index is 1540. The summed E-state index contributed by atoms with van der Waals surface area (Å²) in [7, 11) is 3.63. The lowest BCUT2D eigenvalue weighted by Gasteiger charge is -2.27. The van der Waals surface area contributed by atoms with E-state index in [-0.39, 0.29) is 18.0 Å². The van der Waals surface area contributed by atoms with E-state index in [9.17, 15) is 4.79 Å². The van der Waals surface area contributed by atoms with E-state index in [2.05, 4.69) is 20.2 Å². The van der Waals surface area contributed by atoms with Gasteiger partial charge in [-0.05, 0) is 67.9 Å². The molecule has 9 heteroatoms. The molecule has 2 bridgehead atoms. The van der Waals surface area contributed by atoms with Crippen LogP contribution in [0.4, 0.5) is 0 Å². The number of rotatable bonds is 5. The maximum Gasteiger partial charge on any atom is 0.254 e. The third-order valence-corrected chi connectivity index (χ3v) is 8.60. The Kier molecular flexibility index (Phi) is 4.89. The Hall–Kier alpha value is -3.10. The fourth-order valence-corrected chi connectivity index (χ4v) is 6.44. The van der Waals surface area contributed by atoms with E-state index in [1.54, 1.807) is 7.11 Å². The minimum Gasteiger partial charge on any atom is -0.494 e. The first kappa shape index (κ1) is 22.1. The maximum absolute atomic E-state index is 13.5. The van der Waals surface area contributed by atoms with Crippen molar-refractivity contribution in [3.05, 3.63) is 41.0 Å². The van der Waals surface area contributed by atoms with Gasteiger partial charge in [-0.2, -0.15) is 0 Å². The van der Waals surface area contributed by atoms with Crippen LogP contribution in [0.15, 0.2) is 30.3 Å². The summed E-state index contributed by atoms with van der Waals surface area (Å²) in [5.41, 5.74) is 10.4. The van der Waals surface area contributed by atoms with E-state index in [4.69, 9.17) is 27.1 Å². The van der Waals surface area contributed by atoms with Gasteiger partial charge in [-0.25, -0.2) is 9.97 Å². The first-order valence-corrected chi connectivity index (χ1v) is 13.1. The standard InChI is InChI=1S/C27H29ClN6O2/c1-32-24-18(9-17(11-21(24)36-2)27(35)34-13-16-5-7-19(34)23(16)29)30-26(32)20-10-15-6-8-22(28)31-25(15)33(20)12-14-3-4-14/h6,8-11,14,16,19,23H,3-5,7,12-13,29H2,1-2H3. The van der Waals surface area contributed by atoms with Crippen LogP contribution in [0.25, 0.3) is 33.6 Å². The van der Waals surface area contributed by atoms with Crippen molar-refractivity contribution in [3.8, 4) is 17.3 Å². The lowest BCUT2D eigenvalue weighted by Crippen LogP contribution is -2.41. The number of aryl methyl sites for hydroxylation is 1. The Morgan fingerprint density at radius 3 is 2.69 bits per heavy atom. The zero-order valence-electron chi connectivity index (χ0n) is 20.4. The molecular weight excluding hydrogens is 476 g/mol. The molecular formula is C27H29ClN6O2. The minimum atomic E-state index is 0.00624. The normalized spacial score (nSPS) is 23.3. The molecule has 186 valence electrons. The second-order valence-corrected chi connectivity index (χ2v) is 11.0. The number of aromatic nitrogens is 4. The summed E-state index contributed by atoms with van der Waals surface area (Å²) >= 11 is 6.26. The SMILES string of the molecule is COc1cc(C(=O)N2CC3CCC2C3N)cc2nc(-c3cc4ccc(Cl)nc4n3CC3CC3)n(C)c12. The minimum absolute atomic E-state index is 0.00624. The molecule has 3 aliphatic rings. The second-order valence-electron chi connectivity index (χ2n) is 10.6. The number of halogens is 1. The van der Waals surface area contributed by atoms with Crippen LogP contribution in [0.5, 0.6) is 5.75 Å². The molecule has 3 fully saturated rings. The second kappa shape index (κ2) is 7.95. The lowest BCUT2D eigenvalue weighted by molar-refractivity contribution is 0.0700. The molecule has 0 spiro atoms. The van der Waals surface area contributed by atoms with Gasteiger partial charge in [0.2, 0.25) is 0 Å². The number of carbonyl (C=O) groups is 1. The Balaban J connectivity index is 1.35. The van der Waals surface area contributed by atoms with E-state index < -0.39 is 0 Å². The summed E-state index contributed by atoms with van der Waals surface area (Å²) in [6.45, 7) is 1.61. The van der Waals surface area contributed by atoms with Gasteiger partial charge in [0.05, 0.1) is 18.3 Å². The monoisotopic (exact) mass is 504 g/mol. The van der Waals surface area contributed by atoms with Crippen molar-refractivity contribution in [1.82, 2.24) is 24.0 Å². The summed E-state index contributed by atoms with van der Waals surface area (Å²) < 4.78 is 10.1. The van der Waals surface area contributed by atoms with Gasteiger partial charge in [-0.1, -0.05) is 11.6 Å². The van der Waals surface area contributed by atoms with Crippen LogP contribution >= 0.6 is 11.6 Å². The third-order valence-electron chi connectivity index (χ3n) is 8.39. The van der Waals surface area contributed by atoms with Crippen molar-refractivity contribution in [2.75, 3.05) is 13.7 Å². The van der Waals surface area contributed by atoms with Gasteiger partial charge in [0.1, 0.15) is 22.1 Å². The Morgan fingerprint density at radius 1 is 1.17 bits per heavy atom. The van der Waals surface area contributed by atoms with Gasteiger partial charge < -0.3 is 24.5 Å². The lowest BCUT2D eigenvalue weighted by atomic mass is 10.1. The van der Waals surface area contributed by atoms with Gasteiger partial charge in [0.15, 0.2) is 5.82 Å². The highest BCUT2D eigenvalue weighted by Gasteiger charge is 2.47. The summed E-state index contributed by atoms with van der Waals surface area (Å²) in [4.78, 5) is 25.2. The van der Waals surface area contributed by atoms with E-state index in [1.165, 1.54) is 12.8 Å². The van der Waals surface area contributed by atoms with E-state index in [1.807, 2.05) is 36.2 Å². The molecule has 0 radical (unpaired) electrons.